The molecule has 170 valence electrons. The maximum absolute atomic E-state index is 13.1. The minimum atomic E-state index is -0.906. The summed E-state index contributed by atoms with van der Waals surface area (Å²) in [6.45, 7) is 2.29. The van der Waals surface area contributed by atoms with Crippen molar-refractivity contribution in [2.75, 3.05) is 20.3 Å². The van der Waals surface area contributed by atoms with Gasteiger partial charge in [0.15, 0.2) is 5.76 Å². The van der Waals surface area contributed by atoms with Crippen molar-refractivity contribution >= 4 is 28.8 Å². The Hall–Kier alpha value is -4.05. The van der Waals surface area contributed by atoms with Gasteiger partial charge in [-0.3, -0.25) is 24.1 Å². The van der Waals surface area contributed by atoms with Crippen LogP contribution < -0.4 is 0 Å². The second kappa shape index (κ2) is 8.83. The largest absolute Gasteiger partial charge is 0.505 e. The van der Waals surface area contributed by atoms with Crippen LogP contribution in [-0.2, 0) is 14.3 Å². The normalized spacial score (nSPS) is 17.8. The quantitative estimate of drug-likeness (QED) is 0.146. The third kappa shape index (κ3) is 3.85. The summed E-state index contributed by atoms with van der Waals surface area (Å²) >= 11 is 0. The number of pyridine rings is 1. The monoisotopic (exact) mass is 450 g/mol. The molecule has 1 aliphatic heterocycles. The van der Waals surface area contributed by atoms with Gasteiger partial charge in [-0.05, 0) is 43.2 Å². The first-order valence-corrected chi connectivity index (χ1v) is 10.3. The van der Waals surface area contributed by atoms with Gasteiger partial charge in [0, 0.05) is 38.6 Å². The molecule has 33 heavy (non-hydrogen) atoms. The molecule has 1 amide bonds. The number of hydrogen-bond acceptors (Lipinski definition) is 7. The summed E-state index contributed by atoms with van der Waals surface area (Å²) in [5, 5.41) is 22.4. The summed E-state index contributed by atoms with van der Waals surface area (Å²) in [7, 11) is 1.54. The number of Topliss-reactive ketones (excluding diaryl/α,β-unsaturated/α-hetero) is 1. The Morgan fingerprint density at radius 2 is 1.94 bits per heavy atom. The van der Waals surface area contributed by atoms with Crippen molar-refractivity contribution in [2.24, 2.45) is 0 Å². The third-order valence-corrected chi connectivity index (χ3v) is 5.64. The van der Waals surface area contributed by atoms with E-state index in [0.29, 0.717) is 35.6 Å². The lowest BCUT2D eigenvalue weighted by molar-refractivity contribution is -0.384. The van der Waals surface area contributed by atoms with Crippen molar-refractivity contribution in [1.82, 2.24) is 14.3 Å². The fourth-order valence-corrected chi connectivity index (χ4v) is 4.14. The number of ether oxygens (including phenoxy) is 1. The number of aliphatic hydroxyl groups excluding tert-OH is 1. The van der Waals surface area contributed by atoms with E-state index in [2.05, 4.69) is 4.98 Å². The predicted octanol–water partition coefficient (Wildman–Crippen LogP) is 3.01. The molecular weight excluding hydrogens is 428 g/mol. The molecule has 2 aromatic heterocycles. The second-order valence-electron chi connectivity index (χ2n) is 7.66. The number of nitro groups is 1. The van der Waals surface area contributed by atoms with Crippen LogP contribution in [0, 0.1) is 17.0 Å². The van der Waals surface area contributed by atoms with Crippen LogP contribution in [0.15, 0.2) is 54.2 Å². The van der Waals surface area contributed by atoms with Crippen LogP contribution in [0.2, 0.25) is 0 Å². The Kier molecular flexibility index (Phi) is 5.93. The third-order valence-electron chi connectivity index (χ3n) is 5.64. The number of aryl methyl sites for hydroxylation is 1. The zero-order valence-electron chi connectivity index (χ0n) is 18.1. The van der Waals surface area contributed by atoms with E-state index < -0.39 is 22.7 Å². The Bertz CT molecular complexity index is 1280. The van der Waals surface area contributed by atoms with Crippen LogP contribution in [0.4, 0.5) is 5.69 Å². The van der Waals surface area contributed by atoms with E-state index in [-0.39, 0.29) is 23.6 Å². The van der Waals surface area contributed by atoms with Crippen LogP contribution >= 0.6 is 0 Å². The highest BCUT2D eigenvalue weighted by molar-refractivity contribution is 6.46. The number of methoxy groups -OCH3 is 1. The van der Waals surface area contributed by atoms with Gasteiger partial charge in [0.05, 0.1) is 22.2 Å². The standard InChI is InChI=1S/C23H22N4O6/c1-14-19(25-11-4-3-6-17(25)24-14)21(28)18-20(15-7-9-16(10-8-15)27(31)32)26(12-5-13-33-2)23(30)22(18)29/h3-4,6-11,20,28H,5,12-13H2,1-2H3. The molecule has 10 nitrogen and oxygen atoms in total. The van der Waals surface area contributed by atoms with E-state index in [4.69, 9.17) is 4.74 Å². The van der Waals surface area contributed by atoms with Crippen LogP contribution in [0.25, 0.3) is 11.4 Å². The Morgan fingerprint density at radius 1 is 1.21 bits per heavy atom. The summed E-state index contributed by atoms with van der Waals surface area (Å²) in [5.74, 6) is -1.91. The first kappa shape index (κ1) is 22.2. The number of non-ortho nitro benzene ring substituents is 1. The minimum Gasteiger partial charge on any atom is -0.505 e. The first-order valence-electron chi connectivity index (χ1n) is 10.3. The van der Waals surface area contributed by atoms with E-state index in [0.717, 1.165) is 0 Å². The topological polar surface area (TPSA) is 127 Å². The van der Waals surface area contributed by atoms with Crippen LogP contribution in [0.1, 0.15) is 29.4 Å². The molecule has 1 aromatic carbocycles. The molecule has 0 spiro atoms. The average molecular weight is 450 g/mol. The molecule has 1 unspecified atom stereocenters. The van der Waals surface area contributed by atoms with Gasteiger partial charge in [0.1, 0.15) is 11.3 Å². The summed E-state index contributed by atoms with van der Waals surface area (Å²) in [6.07, 6.45) is 2.18. The maximum atomic E-state index is 13.1. The molecule has 1 atom stereocenters. The molecule has 0 radical (unpaired) electrons. The Balaban J connectivity index is 1.89. The molecule has 0 bridgehead atoms. The number of aliphatic hydroxyl groups is 1. The van der Waals surface area contributed by atoms with Gasteiger partial charge in [0.25, 0.3) is 17.4 Å². The van der Waals surface area contributed by atoms with Crippen LogP contribution in [0.5, 0.6) is 0 Å². The molecular formula is C23H22N4O6. The van der Waals surface area contributed by atoms with E-state index in [9.17, 15) is 24.8 Å². The minimum absolute atomic E-state index is 0.0833. The first-order chi connectivity index (χ1) is 15.8. The van der Waals surface area contributed by atoms with Gasteiger partial charge < -0.3 is 14.7 Å². The zero-order valence-corrected chi connectivity index (χ0v) is 18.1. The number of nitro benzene ring substituents is 1. The molecule has 1 fully saturated rings. The Labute approximate surface area is 188 Å². The molecule has 1 N–H and O–H groups in total. The highest BCUT2D eigenvalue weighted by Crippen LogP contribution is 2.40. The van der Waals surface area contributed by atoms with E-state index in [1.165, 1.54) is 36.3 Å². The molecule has 3 aromatic rings. The van der Waals surface area contributed by atoms with Crippen LogP contribution in [-0.4, -0.2) is 56.3 Å². The number of carbonyl (C=O) groups is 2. The molecule has 10 heteroatoms. The molecule has 1 saturated heterocycles. The van der Waals surface area contributed by atoms with Crippen molar-refractivity contribution in [3.05, 3.63) is 81.3 Å². The number of imidazole rings is 1. The van der Waals surface area contributed by atoms with Gasteiger partial charge in [-0.2, -0.15) is 0 Å². The van der Waals surface area contributed by atoms with Gasteiger partial charge in [-0.15, -0.1) is 0 Å². The molecule has 4 rings (SSSR count). The lowest BCUT2D eigenvalue weighted by atomic mass is 9.96. The van der Waals surface area contributed by atoms with E-state index in [1.807, 2.05) is 0 Å². The van der Waals surface area contributed by atoms with Gasteiger partial charge in [0.2, 0.25) is 0 Å². The van der Waals surface area contributed by atoms with Gasteiger partial charge >= 0.3 is 0 Å². The van der Waals surface area contributed by atoms with Crippen molar-refractivity contribution in [1.29, 1.82) is 0 Å². The number of likely N-dealkylation sites (tertiary alicyclic amines) is 1. The molecule has 1 aliphatic rings. The second-order valence-corrected chi connectivity index (χ2v) is 7.66. The average Bonchev–Trinajstić information content (AvgIpc) is 3.27. The molecule has 0 saturated carbocycles. The van der Waals surface area contributed by atoms with Crippen molar-refractivity contribution in [3.63, 3.8) is 0 Å². The number of nitrogens with zero attached hydrogens (tertiary/aromatic N) is 4. The summed E-state index contributed by atoms with van der Waals surface area (Å²) in [4.78, 5) is 42.4. The number of rotatable bonds is 7. The van der Waals surface area contributed by atoms with Gasteiger partial charge in [-0.25, -0.2) is 4.98 Å². The lowest BCUT2D eigenvalue weighted by Crippen LogP contribution is -2.31. The van der Waals surface area contributed by atoms with E-state index in [1.54, 1.807) is 35.7 Å². The number of fused-ring (bicyclic) bond motifs is 1. The highest BCUT2D eigenvalue weighted by atomic mass is 16.6. The number of amides is 1. The number of hydrogen-bond donors (Lipinski definition) is 1. The SMILES string of the molecule is COCCCN1C(=O)C(=O)C(=C(O)c2c(C)nc3ccccn23)C1c1ccc([N+](=O)[O-])cc1. The lowest BCUT2D eigenvalue weighted by Gasteiger charge is -2.25. The molecule has 0 aliphatic carbocycles. The number of ketones is 1. The molecule has 3 heterocycles. The van der Waals surface area contributed by atoms with Crippen molar-refractivity contribution in [2.45, 2.75) is 19.4 Å². The highest BCUT2D eigenvalue weighted by Gasteiger charge is 2.46. The van der Waals surface area contributed by atoms with E-state index >= 15 is 0 Å². The number of carbonyl (C=O) groups excluding carboxylic acids is 2. The van der Waals surface area contributed by atoms with Crippen molar-refractivity contribution in [3.8, 4) is 0 Å². The number of aromatic nitrogens is 2. The van der Waals surface area contributed by atoms with Crippen LogP contribution in [0.3, 0.4) is 0 Å². The fraction of sp³-hybridized carbons (Fsp3) is 0.261. The smallest absolute Gasteiger partial charge is 0.295 e. The van der Waals surface area contributed by atoms with Crippen molar-refractivity contribution < 1.29 is 24.4 Å². The summed E-state index contributed by atoms with van der Waals surface area (Å²) in [6, 6.07) is 10.0. The maximum Gasteiger partial charge on any atom is 0.295 e. The summed E-state index contributed by atoms with van der Waals surface area (Å²) < 4.78 is 6.72. The number of benzene rings is 1. The summed E-state index contributed by atoms with van der Waals surface area (Å²) in [5.41, 5.74) is 1.66. The van der Waals surface area contributed by atoms with Gasteiger partial charge in [-0.1, -0.05) is 6.07 Å². The Morgan fingerprint density at radius 3 is 2.61 bits per heavy atom. The zero-order chi connectivity index (χ0) is 23.7. The fourth-order valence-electron chi connectivity index (χ4n) is 4.14. The predicted molar refractivity (Wildman–Crippen MR) is 119 cm³/mol.